The summed E-state index contributed by atoms with van der Waals surface area (Å²) in [6.45, 7) is 4.46. The Morgan fingerprint density at radius 3 is 2.29 bits per heavy atom. The molecule has 0 aliphatic carbocycles. The van der Waals surface area contributed by atoms with E-state index in [2.05, 4.69) is 15.3 Å². The highest BCUT2D eigenvalue weighted by Gasteiger charge is 2.37. The Hall–Kier alpha value is -5.27. The lowest BCUT2D eigenvalue weighted by Gasteiger charge is -2.20. The summed E-state index contributed by atoms with van der Waals surface area (Å²) in [5, 5.41) is 13.5. The number of rotatable bonds is 9. The average molecular weight is 721 g/mol. The Balaban J connectivity index is 1.34. The summed E-state index contributed by atoms with van der Waals surface area (Å²) in [6, 6.07) is 15.9. The Bertz CT molecular complexity index is 2180. The second-order valence-electron chi connectivity index (χ2n) is 12.7. The molecule has 0 amide bonds. The van der Waals surface area contributed by atoms with E-state index < -0.39 is 29.7 Å². The van der Waals surface area contributed by atoms with E-state index in [1.807, 2.05) is 26.0 Å². The number of ether oxygens (including phenoxy) is 1. The van der Waals surface area contributed by atoms with Crippen LogP contribution in [0.2, 0.25) is 0 Å². The molecule has 1 aliphatic heterocycles. The molecule has 0 spiro atoms. The van der Waals surface area contributed by atoms with Gasteiger partial charge in [0.15, 0.2) is 12.1 Å². The third-order valence-corrected chi connectivity index (χ3v) is 9.25. The van der Waals surface area contributed by atoms with E-state index in [9.17, 15) is 36.2 Å². The number of halogens is 6. The Kier molecular flexibility index (Phi) is 10.1. The van der Waals surface area contributed by atoms with E-state index in [0.29, 0.717) is 35.9 Å². The van der Waals surface area contributed by atoms with Crippen LogP contribution >= 0.6 is 0 Å². The number of hydrogen-bond donors (Lipinski definition) is 2. The van der Waals surface area contributed by atoms with Crippen LogP contribution in [0, 0.1) is 13.8 Å². The minimum atomic E-state index is -4.72. The summed E-state index contributed by atoms with van der Waals surface area (Å²) >= 11 is 0. The normalized spacial score (nSPS) is 15.5. The van der Waals surface area contributed by atoms with Crippen molar-refractivity contribution in [3.8, 4) is 16.9 Å². The number of carbonyl (C=O) groups excluding carboxylic acids is 1. The number of likely N-dealkylation sites (tertiary alicyclic amines) is 1. The molecular formula is C39H34F6N4O3. The van der Waals surface area contributed by atoms with Crippen molar-refractivity contribution in [1.29, 1.82) is 0 Å². The fourth-order valence-electron chi connectivity index (χ4n) is 6.56. The number of fused-ring (bicyclic) bond motifs is 1. The largest absolute Gasteiger partial charge is 0.496 e. The zero-order valence-electron chi connectivity index (χ0n) is 28.4. The number of anilines is 2. The third kappa shape index (κ3) is 7.51. The van der Waals surface area contributed by atoms with Crippen molar-refractivity contribution in [2.75, 3.05) is 25.5 Å². The highest BCUT2D eigenvalue weighted by Crippen LogP contribution is 2.39. The second-order valence-corrected chi connectivity index (χ2v) is 12.7. The van der Waals surface area contributed by atoms with Gasteiger partial charge in [-0.15, -0.1) is 0 Å². The fraction of sp³-hybridized carbons (Fsp3) is 0.256. The third-order valence-electron chi connectivity index (χ3n) is 9.25. The molecule has 13 heteroatoms. The topological polar surface area (TPSA) is 87.6 Å². The van der Waals surface area contributed by atoms with Gasteiger partial charge in [0.1, 0.15) is 17.0 Å². The molecule has 3 heterocycles. The van der Waals surface area contributed by atoms with Gasteiger partial charge in [-0.05, 0) is 89.5 Å². The van der Waals surface area contributed by atoms with E-state index in [0.717, 1.165) is 28.3 Å². The smallest absolute Gasteiger partial charge is 0.433 e. The van der Waals surface area contributed by atoms with Gasteiger partial charge < -0.3 is 15.2 Å². The summed E-state index contributed by atoms with van der Waals surface area (Å²) in [7, 11) is 1.27. The van der Waals surface area contributed by atoms with Crippen molar-refractivity contribution in [2.45, 2.75) is 45.3 Å². The van der Waals surface area contributed by atoms with Crippen molar-refractivity contribution < 1.29 is 41.0 Å². The highest BCUT2D eigenvalue weighted by atomic mass is 19.4. The van der Waals surface area contributed by atoms with Crippen LogP contribution in [0.3, 0.4) is 0 Å². The van der Waals surface area contributed by atoms with E-state index in [1.165, 1.54) is 31.5 Å². The molecule has 1 atom stereocenters. The van der Waals surface area contributed by atoms with Crippen LogP contribution in [0.4, 0.5) is 37.8 Å². The number of alkyl halides is 6. The molecule has 2 N–H and O–H groups in total. The monoisotopic (exact) mass is 720 g/mol. The summed E-state index contributed by atoms with van der Waals surface area (Å²) < 4.78 is 89.8. The van der Waals surface area contributed by atoms with Crippen molar-refractivity contribution in [1.82, 2.24) is 14.9 Å². The zero-order chi connectivity index (χ0) is 37.4. The predicted octanol–water partition coefficient (Wildman–Crippen LogP) is 9.25. The Labute approximate surface area is 295 Å². The zero-order valence-corrected chi connectivity index (χ0v) is 28.4. The number of nitrogens with one attached hydrogen (secondary N) is 1. The minimum Gasteiger partial charge on any atom is -0.496 e. The van der Waals surface area contributed by atoms with Gasteiger partial charge in [0.25, 0.3) is 0 Å². The van der Waals surface area contributed by atoms with E-state index in [-0.39, 0.29) is 46.9 Å². The Morgan fingerprint density at radius 2 is 1.63 bits per heavy atom. The summed E-state index contributed by atoms with van der Waals surface area (Å²) in [5.74, 6) is 0.151. The van der Waals surface area contributed by atoms with Gasteiger partial charge in [0.05, 0.1) is 24.3 Å². The van der Waals surface area contributed by atoms with Gasteiger partial charge in [-0.2, -0.15) is 26.3 Å². The molecule has 1 aliphatic rings. The number of hydrogen-bond acceptors (Lipinski definition) is 7. The SMILES string of the molecule is COc1cc(/C=C/c2cccc(-c3cccc(Nc4nccc5cc(CN6CC[C@@H](O)C6)c(C(F)(F)F)nc45)c3C)c2C)c(C(F)(F)F)cc1C=O. The van der Waals surface area contributed by atoms with Crippen LogP contribution in [0.5, 0.6) is 5.75 Å². The van der Waals surface area contributed by atoms with Crippen molar-refractivity contribution >= 4 is 40.8 Å². The van der Waals surface area contributed by atoms with Gasteiger partial charge in [-0.1, -0.05) is 42.5 Å². The standard InChI is InChI=1S/C39H34F6N4O3/c1-22-24(10-11-25-18-34(52-3)28(21-50)17-32(25)38(40,41)42)6-4-7-30(22)31-8-5-9-33(23(31)2)47-37-35-26(12-14-46-37)16-27(36(48-35)39(43,44)45)19-49-15-13-29(51)20-49/h4-12,14,16-18,21,29,51H,13,15,19-20H2,1-3H3,(H,46,47)/b11-10+/t29-/m1/s1. The van der Waals surface area contributed by atoms with Gasteiger partial charge in [0.2, 0.25) is 0 Å². The first-order valence-electron chi connectivity index (χ1n) is 16.3. The Morgan fingerprint density at radius 1 is 0.923 bits per heavy atom. The van der Waals surface area contributed by atoms with Crippen molar-refractivity contribution in [3.05, 3.63) is 111 Å². The molecule has 0 radical (unpaired) electrons. The van der Waals surface area contributed by atoms with Crippen LogP contribution in [-0.4, -0.2) is 52.6 Å². The summed E-state index contributed by atoms with van der Waals surface area (Å²) in [6.07, 6.45) is -4.82. The van der Waals surface area contributed by atoms with Gasteiger partial charge >= 0.3 is 12.4 Å². The van der Waals surface area contributed by atoms with Gasteiger partial charge in [-0.25, -0.2) is 9.97 Å². The maximum Gasteiger partial charge on any atom is 0.433 e. The van der Waals surface area contributed by atoms with E-state index in [4.69, 9.17) is 4.74 Å². The van der Waals surface area contributed by atoms with E-state index >= 15 is 0 Å². The molecular weight excluding hydrogens is 686 g/mol. The van der Waals surface area contributed by atoms with Crippen LogP contribution in [0.25, 0.3) is 34.2 Å². The van der Waals surface area contributed by atoms with Gasteiger partial charge in [-0.3, -0.25) is 9.69 Å². The molecule has 7 nitrogen and oxygen atoms in total. The highest BCUT2D eigenvalue weighted by molar-refractivity contribution is 5.92. The number of aldehydes is 1. The number of aliphatic hydroxyl groups is 1. The average Bonchev–Trinajstić information content (AvgIpc) is 3.51. The van der Waals surface area contributed by atoms with Crippen LogP contribution in [-0.2, 0) is 18.9 Å². The number of β-amino-alcohol motifs (C(OH)–C–C–N with tert-alkyl or cyclic N) is 1. The fourth-order valence-corrected chi connectivity index (χ4v) is 6.56. The maximum atomic E-state index is 14.3. The molecule has 0 unspecified atom stereocenters. The first-order valence-corrected chi connectivity index (χ1v) is 16.3. The second kappa shape index (κ2) is 14.4. The van der Waals surface area contributed by atoms with Crippen molar-refractivity contribution in [3.63, 3.8) is 0 Å². The molecule has 0 bridgehead atoms. The summed E-state index contributed by atoms with van der Waals surface area (Å²) in [4.78, 5) is 21.6. The number of nitrogens with zero attached hydrogens (tertiary/aromatic N) is 3. The molecule has 1 saturated heterocycles. The molecule has 5 aromatic rings. The number of benzene rings is 3. The molecule has 1 fully saturated rings. The number of aromatic nitrogens is 2. The molecule has 270 valence electrons. The first kappa shape index (κ1) is 36.5. The quantitative estimate of drug-likeness (QED) is 0.0892. The lowest BCUT2D eigenvalue weighted by atomic mass is 9.92. The number of pyridine rings is 2. The lowest BCUT2D eigenvalue weighted by Crippen LogP contribution is -2.24. The van der Waals surface area contributed by atoms with Crippen molar-refractivity contribution in [2.24, 2.45) is 0 Å². The predicted molar refractivity (Wildman–Crippen MR) is 187 cm³/mol. The minimum absolute atomic E-state index is 0.00117. The van der Waals surface area contributed by atoms with Crippen LogP contribution < -0.4 is 10.1 Å². The maximum absolute atomic E-state index is 14.3. The molecule has 52 heavy (non-hydrogen) atoms. The van der Waals surface area contributed by atoms with Gasteiger partial charge in [0, 0.05) is 36.9 Å². The number of methoxy groups -OCH3 is 1. The lowest BCUT2D eigenvalue weighted by molar-refractivity contribution is -0.142. The summed E-state index contributed by atoms with van der Waals surface area (Å²) in [5.41, 5.74) is 1.98. The molecule has 6 rings (SSSR count). The first-order chi connectivity index (χ1) is 24.7. The number of aliphatic hydroxyl groups excluding tert-OH is 1. The van der Waals surface area contributed by atoms with Crippen LogP contribution in [0.15, 0.2) is 66.9 Å². The van der Waals surface area contributed by atoms with E-state index in [1.54, 1.807) is 41.3 Å². The van der Waals surface area contributed by atoms with Crippen LogP contribution in [0.1, 0.15) is 55.9 Å². The molecule has 0 saturated carbocycles. The number of carbonyl (C=O) groups is 1. The molecule has 3 aromatic carbocycles. The molecule has 2 aromatic heterocycles.